The first-order chi connectivity index (χ1) is 13.5. The number of ether oxygens (including phenoxy) is 1. The molecule has 2 atom stereocenters. The van der Waals surface area contributed by atoms with Gasteiger partial charge in [0.2, 0.25) is 10.0 Å². The molecule has 2 aliphatic rings. The molecule has 160 valence electrons. The minimum Gasteiger partial charge on any atom is -0.455 e. The molecule has 0 bridgehead atoms. The van der Waals surface area contributed by atoms with Crippen LogP contribution in [0.2, 0.25) is 0 Å². The van der Waals surface area contributed by atoms with Gasteiger partial charge in [-0.15, -0.1) is 0 Å². The second kappa shape index (κ2) is 8.07. The number of amides is 1. The van der Waals surface area contributed by atoms with E-state index in [2.05, 4.69) is 0 Å². The summed E-state index contributed by atoms with van der Waals surface area (Å²) >= 11 is 0. The Hall–Kier alpha value is -1.93. The monoisotopic (exact) mass is 422 g/mol. The van der Waals surface area contributed by atoms with Gasteiger partial charge in [-0.25, -0.2) is 8.42 Å². The van der Waals surface area contributed by atoms with Crippen molar-refractivity contribution in [2.45, 2.75) is 45.9 Å². The molecule has 7 nitrogen and oxygen atoms in total. The van der Waals surface area contributed by atoms with Gasteiger partial charge in [-0.1, -0.05) is 13.0 Å². The third-order valence-electron chi connectivity index (χ3n) is 6.24. The number of esters is 1. The Labute approximate surface area is 173 Å². The lowest BCUT2D eigenvalue weighted by Crippen LogP contribution is -2.51. The summed E-state index contributed by atoms with van der Waals surface area (Å²) < 4.78 is 33.1. The number of rotatable bonds is 5. The van der Waals surface area contributed by atoms with Crippen LogP contribution in [0.5, 0.6) is 0 Å². The molecule has 0 spiro atoms. The van der Waals surface area contributed by atoms with E-state index >= 15 is 0 Å². The highest BCUT2D eigenvalue weighted by Gasteiger charge is 2.41. The van der Waals surface area contributed by atoms with Crippen LogP contribution >= 0.6 is 0 Å². The minimum atomic E-state index is -3.64. The first kappa shape index (κ1) is 21.8. The zero-order chi connectivity index (χ0) is 21.5. The lowest BCUT2D eigenvalue weighted by molar-refractivity contribution is -0.153. The lowest BCUT2D eigenvalue weighted by Gasteiger charge is -2.34. The van der Waals surface area contributed by atoms with Crippen LogP contribution in [0.4, 0.5) is 0 Å². The van der Waals surface area contributed by atoms with Crippen molar-refractivity contribution in [3.05, 3.63) is 28.3 Å². The summed E-state index contributed by atoms with van der Waals surface area (Å²) in [4.78, 5) is 26.1. The highest BCUT2D eigenvalue weighted by Crippen LogP contribution is 2.38. The first-order valence-electron chi connectivity index (χ1n) is 10.1. The molecular formula is C21H30N2O5S. The third-order valence-corrected chi connectivity index (χ3v) is 8.41. The molecule has 0 aromatic heterocycles. The van der Waals surface area contributed by atoms with Gasteiger partial charge >= 0.3 is 5.97 Å². The van der Waals surface area contributed by atoms with Crippen LogP contribution in [0, 0.1) is 39.5 Å². The molecule has 8 heteroatoms. The van der Waals surface area contributed by atoms with E-state index < -0.39 is 10.0 Å². The summed E-state index contributed by atoms with van der Waals surface area (Å²) in [5, 5.41) is 0. The van der Waals surface area contributed by atoms with E-state index in [-0.39, 0.29) is 37.5 Å². The van der Waals surface area contributed by atoms with Crippen molar-refractivity contribution < 1.29 is 22.7 Å². The molecule has 2 fully saturated rings. The molecule has 29 heavy (non-hydrogen) atoms. The maximum atomic E-state index is 13.3. The predicted octanol–water partition coefficient (Wildman–Crippen LogP) is 1.95. The number of hydrogen-bond acceptors (Lipinski definition) is 5. The lowest BCUT2D eigenvalue weighted by atomic mass is 10.0. The number of benzene rings is 1. The number of carbonyl (C=O) groups is 2. The SMILES string of the molecule is Cc1cc(C)c(C)c(S(=O)(=O)N2CCN(C(=O)COC(=O)[C@@H]3C[C@H]3C)CC2)c1C. The maximum absolute atomic E-state index is 13.3. The molecule has 0 unspecified atom stereocenters. The number of carbonyl (C=O) groups excluding carboxylic acids is 2. The second-order valence-corrected chi connectivity index (χ2v) is 10.2. The van der Waals surface area contributed by atoms with Gasteiger partial charge < -0.3 is 9.64 Å². The average Bonchev–Trinajstić information content (AvgIpc) is 3.41. The molecular weight excluding hydrogens is 392 g/mol. The largest absolute Gasteiger partial charge is 0.455 e. The first-order valence-corrected chi connectivity index (χ1v) is 11.5. The molecule has 1 aliphatic carbocycles. The van der Waals surface area contributed by atoms with Gasteiger partial charge in [0.25, 0.3) is 5.91 Å². The van der Waals surface area contributed by atoms with E-state index in [1.54, 1.807) is 4.90 Å². The number of hydrogen-bond donors (Lipinski definition) is 0. The van der Waals surface area contributed by atoms with Crippen LogP contribution in [-0.4, -0.2) is 62.3 Å². The molecule has 1 aromatic carbocycles. The Morgan fingerprint density at radius 2 is 1.55 bits per heavy atom. The van der Waals surface area contributed by atoms with E-state index in [0.717, 1.165) is 28.7 Å². The standard InChI is InChI=1S/C21H30N2O5S/c1-13-10-14(2)17(5)20(16(13)4)29(26,27)23-8-6-22(7-9-23)19(24)12-28-21(25)18-11-15(18)3/h10,15,18H,6-9,11-12H2,1-5H3/t15-,18-/m1/s1. The molecule has 1 saturated heterocycles. The minimum absolute atomic E-state index is 0.0749. The molecule has 0 radical (unpaired) electrons. The van der Waals surface area contributed by atoms with Crippen LogP contribution in [0.3, 0.4) is 0 Å². The average molecular weight is 423 g/mol. The second-order valence-electron chi connectivity index (χ2n) is 8.30. The molecule has 1 saturated carbocycles. The van der Waals surface area contributed by atoms with Crippen LogP contribution in [-0.2, 0) is 24.3 Å². The number of piperazine rings is 1. The highest BCUT2D eigenvalue weighted by molar-refractivity contribution is 7.89. The highest BCUT2D eigenvalue weighted by atomic mass is 32.2. The molecule has 3 rings (SSSR count). The van der Waals surface area contributed by atoms with Crippen LogP contribution < -0.4 is 0 Å². The summed E-state index contributed by atoms with van der Waals surface area (Å²) in [5.74, 6) is -0.326. The molecule has 0 N–H and O–H groups in total. The summed E-state index contributed by atoms with van der Waals surface area (Å²) in [5.41, 5.74) is 3.44. The van der Waals surface area contributed by atoms with Gasteiger partial charge in [0.1, 0.15) is 0 Å². The molecule has 1 aromatic rings. The van der Waals surface area contributed by atoms with Gasteiger partial charge in [0.05, 0.1) is 10.8 Å². The fraction of sp³-hybridized carbons (Fsp3) is 0.619. The zero-order valence-electron chi connectivity index (χ0n) is 17.8. The van der Waals surface area contributed by atoms with Gasteiger partial charge in [-0.2, -0.15) is 4.31 Å². The van der Waals surface area contributed by atoms with Crippen molar-refractivity contribution in [2.24, 2.45) is 11.8 Å². The Morgan fingerprint density at radius 3 is 2.03 bits per heavy atom. The smallest absolute Gasteiger partial charge is 0.309 e. The van der Waals surface area contributed by atoms with Crippen molar-refractivity contribution in [1.82, 2.24) is 9.21 Å². The van der Waals surface area contributed by atoms with Crippen molar-refractivity contribution in [3.8, 4) is 0 Å². The maximum Gasteiger partial charge on any atom is 0.309 e. The van der Waals surface area contributed by atoms with E-state index in [1.807, 2.05) is 40.7 Å². The topological polar surface area (TPSA) is 84.0 Å². The normalized spacial score (nSPS) is 22.4. The Bertz CT molecular complexity index is 907. The van der Waals surface area contributed by atoms with Gasteiger partial charge in [0.15, 0.2) is 6.61 Å². The Balaban J connectivity index is 1.63. The molecule has 1 heterocycles. The number of sulfonamides is 1. The van der Waals surface area contributed by atoms with Gasteiger partial charge in [-0.05, 0) is 62.3 Å². The number of nitrogens with zero attached hydrogens (tertiary/aromatic N) is 2. The van der Waals surface area contributed by atoms with E-state index in [9.17, 15) is 18.0 Å². The van der Waals surface area contributed by atoms with Gasteiger partial charge in [0, 0.05) is 26.2 Å². The van der Waals surface area contributed by atoms with Crippen molar-refractivity contribution >= 4 is 21.9 Å². The van der Waals surface area contributed by atoms with Crippen LogP contribution in [0.25, 0.3) is 0 Å². The fourth-order valence-corrected chi connectivity index (χ4v) is 5.85. The third kappa shape index (κ3) is 4.33. The van der Waals surface area contributed by atoms with Crippen molar-refractivity contribution in [3.63, 3.8) is 0 Å². The predicted molar refractivity (Wildman–Crippen MR) is 109 cm³/mol. The zero-order valence-corrected chi connectivity index (χ0v) is 18.6. The van der Waals surface area contributed by atoms with Crippen molar-refractivity contribution in [1.29, 1.82) is 0 Å². The summed E-state index contributed by atoms with van der Waals surface area (Å²) in [6, 6.07) is 2.00. The quantitative estimate of drug-likeness (QED) is 0.677. The Kier molecular flexibility index (Phi) is 6.06. The van der Waals surface area contributed by atoms with E-state index in [1.165, 1.54) is 4.31 Å². The van der Waals surface area contributed by atoms with Crippen LogP contribution in [0.15, 0.2) is 11.0 Å². The van der Waals surface area contributed by atoms with Gasteiger partial charge in [-0.3, -0.25) is 9.59 Å². The van der Waals surface area contributed by atoms with Crippen LogP contribution in [0.1, 0.15) is 35.6 Å². The van der Waals surface area contributed by atoms with Crippen molar-refractivity contribution in [2.75, 3.05) is 32.8 Å². The molecule has 1 aliphatic heterocycles. The van der Waals surface area contributed by atoms with E-state index in [4.69, 9.17) is 4.74 Å². The summed E-state index contributed by atoms with van der Waals surface area (Å²) in [6.45, 7) is 10.3. The Morgan fingerprint density at radius 1 is 1.03 bits per heavy atom. The molecule has 1 amide bonds. The van der Waals surface area contributed by atoms with E-state index in [0.29, 0.717) is 23.9 Å². The summed E-state index contributed by atoms with van der Waals surface area (Å²) in [7, 11) is -3.64. The summed E-state index contributed by atoms with van der Waals surface area (Å²) in [6.07, 6.45) is 0.820. The fourth-order valence-electron chi connectivity index (χ4n) is 3.86. The number of aryl methyl sites for hydroxylation is 2.